The van der Waals surface area contributed by atoms with Crippen LogP contribution in [0, 0.1) is 19.7 Å². The van der Waals surface area contributed by atoms with E-state index in [0.29, 0.717) is 23.2 Å². The number of hydrogen-bond acceptors (Lipinski definition) is 5. The van der Waals surface area contributed by atoms with Gasteiger partial charge in [0, 0.05) is 23.9 Å². The second kappa shape index (κ2) is 8.40. The van der Waals surface area contributed by atoms with Crippen LogP contribution < -0.4 is 4.72 Å². The number of aryl methyl sites for hydroxylation is 1. The summed E-state index contributed by atoms with van der Waals surface area (Å²) in [5.74, 6) is -1.49. The average Bonchev–Trinajstić information content (AvgIpc) is 3.12. The lowest BCUT2D eigenvalue weighted by Gasteiger charge is -2.11. The van der Waals surface area contributed by atoms with Crippen molar-refractivity contribution < 1.29 is 22.7 Å². The van der Waals surface area contributed by atoms with Gasteiger partial charge in [0.15, 0.2) is 0 Å². The molecule has 1 heterocycles. The Morgan fingerprint density at radius 2 is 1.90 bits per heavy atom. The first kappa shape index (κ1) is 21.1. The van der Waals surface area contributed by atoms with Gasteiger partial charge in [-0.2, -0.15) is 0 Å². The zero-order valence-corrected chi connectivity index (χ0v) is 17.4. The highest BCUT2D eigenvalue weighted by molar-refractivity contribution is 7.89. The van der Waals surface area contributed by atoms with Gasteiger partial charge in [0.25, 0.3) is 0 Å². The molecule has 2 aromatic carbocycles. The summed E-state index contributed by atoms with van der Waals surface area (Å²) >= 11 is 1.40. The number of rotatable bonds is 7. The van der Waals surface area contributed by atoms with Crippen molar-refractivity contribution in [2.24, 2.45) is 0 Å². The van der Waals surface area contributed by atoms with E-state index in [9.17, 15) is 22.7 Å². The summed E-state index contributed by atoms with van der Waals surface area (Å²) in [6.45, 7) is 3.43. The zero-order valence-electron chi connectivity index (χ0n) is 15.8. The molecule has 0 aliphatic carbocycles. The van der Waals surface area contributed by atoms with E-state index in [1.807, 2.05) is 5.38 Å². The van der Waals surface area contributed by atoms with E-state index in [1.54, 1.807) is 26.0 Å². The van der Waals surface area contributed by atoms with Crippen LogP contribution >= 0.6 is 11.3 Å². The van der Waals surface area contributed by atoms with Crippen molar-refractivity contribution in [1.82, 2.24) is 9.71 Å². The van der Waals surface area contributed by atoms with Crippen molar-refractivity contribution in [3.05, 3.63) is 70.0 Å². The molecule has 0 spiro atoms. The molecule has 0 aliphatic heterocycles. The number of aromatic carboxylic acids is 1. The number of aromatic nitrogens is 1. The minimum Gasteiger partial charge on any atom is -0.478 e. The van der Waals surface area contributed by atoms with Crippen LogP contribution in [-0.4, -0.2) is 31.0 Å². The number of halogens is 1. The van der Waals surface area contributed by atoms with Gasteiger partial charge in [-0.25, -0.2) is 27.3 Å². The summed E-state index contributed by atoms with van der Waals surface area (Å²) in [7, 11) is -3.86. The largest absolute Gasteiger partial charge is 0.478 e. The molecule has 152 valence electrons. The molecule has 0 atom stereocenters. The maximum atomic E-state index is 13.0. The number of benzene rings is 2. The van der Waals surface area contributed by atoms with Gasteiger partial charge >= 0.3 is 5.97 Å². The Morgan fingerprint density at radius 3 is 2.55 bits per heavy atom. The molecular formula is C20H19FN2O4S2. The smallest absolute Gasteiger partial charge is 0.336 e. The normalized spacial score (nSPS) is 11.6. The van der Waals surface area contributed by atoms with E-state index >= 15 is 0 Å². The molecule has 0 fully saturated rings. The number of thiazole rings is 1. The lowest BCUT2D eigenvalue weighted by Crippen LogP contribution is -2.26. The Morgan fingerprint density at radius 1 is 1.21 bits per heavy atom. The van der Waals surface area contributed by atoms with E-state index in [4.69, 9.17) is 0 Å². The van der Waals surface area contributed by atoms with Crippen LogP contribution in [0.1, 0.15) is 27.2 Å². The molecule has 9 heteroatoms. The third-order valence-corrected chi connectivity index (χ3v) is 6.88. The highest BCUT2D eigenvalue weighted by Gasteiger charge is 2.19. The average molecular weight is 435 g/mol. The number of nitrogens with zero attached hydrogens (tertiary/aromatic N) is 1. The van der Waals surface area contributed by atoms with E-state index in [1.165, 1.54) is 35.6 Å². The summed E-state index contributed by atoms with van der Waals surface area (Å²) in [5, 5.41) is 11.8. The standard InChI is InChI=1S/C20H19FN2O4S2/c1-12-9-17(10-18(13(12)2)20(24)25)29(26,27)22-8-7-16-11-28-19(23-16)14-3-5-15(21)6-4-14/h3-6,9-11,22H,7-8H2,1-2H3,(H,24,25). The first-order valence-corrected chi connectivity index (χ1v) is 11.1. The van der Waals surface area contributed by atoms with Crippen molar-refractivity contribution in [3.63, 3.8) is 0 Å². The molecule has 0 saturated carbocycles. The summed E-state index contributed by atoms with van der Waals surface area (Å²) in [5.41, 5.74) is 2.60. The zero-order chi connectivity index (χ0) is 21.2. The van der Waals surface area contributed by atoms with Gasteiger partial charge in [-0.05, 0) is 61.4 Å². The molecule has 0 aliphatic rings. The first-order chi connectivity index (χ1) is 13.7. The fraction of sp³-hybridized carbons (Fsp3) is 0.200. The van der Waals surface area contributed by atoms with Gasteiger partial charge in [0.1, 0.15) is 10.8 Å². The number of nitrogens with one attached hydrogen (secondary N) is 1. The summed E-state index contributed by atoms with van der Waals surface area (Å²) < 4.78 is 40.6. The molecule has 1 aromatic heterocycles. The van der Waals surface area contributed by atoms with Crippen LogP contribution in [-0.2, 0) is 16.4 Å². The second-order valence-electron chi connectivity index (χ2n) is 6.52. The van der Waals surface area contributed by atoms with E-state index in [-0.39, 0.29) is 22.8 Å². The maximum absolute atomic E-state index is 13.0. The summed E-state index contributed by atoms with van der Waals surface area (Å²) in [4.78, 5) is 15.7. The van der Waals surface area contributed by atoms with E-state index < -0.39 is 16.0 Å². The molecule has 3 aromatic rings. The maximum Gasteiger partial charge on any atom is 0.336 e. The highest BCUT2D eigenvalue weighted by Crippen LogP contribution is 2.24. The summed E-state index contributed by atoms with van der Waals surface area (Å²) in [6, 6.07) is 8.63. The van der Waals surface area contributed by atoms with Crippen molar-refractivity contribution in [1.29, 1.82) is 0 Å². The number of hydrogen-bond donors (Lipinski definition) is 2. The second-order valence-corrected chi connectivity index (χ2v) is 9.14. The number of sulfonamides is 1. The van der Waals surface area contributed by atoms with Crippen molar-refractivity contribution in [3.8, 4) is 10.6 Å². The molecule has 0 saturated heterocycles. The van der Waals surface area contributed by atoms with Crippen molar-refractivity contribution in [2.45, 2.75) is 25.2 Å². The molecule has 0 unspecified atom stereocenters. The van der Waals surface area contributed by atoms with Crippen LogP contribution in [0.5, 0.6) is 0 Å². The number of carbonyl (C=O) groups is 1. The van der Waals surface area contributed by atoms with Gasteiger partial charge in [0.2, 0.25) is 10.0 Å². The Hall–Kier alpha value is -2.62. The van der Waals surface area contributed by atoms with Crippen LogP contribution in [0.4, 0.5) is 4.39 Å². The fourth-order valence-electron chi connectivity index (χ4n) is 2.75. The SMILES string of the molecule is Cc1cc(S(=O)(=O)NCCc2csc(-c3ccc(F)cc3)n2)cc(C(=O)O)c1C. The van der Waals surface area contributed by atoms with Crippen LogP contribution in [0.2, 0.25) is 0 Å². The quantitative estimate of drug-likeness (QED) is 0.590. The Balaban J connectivity index is 1.69. The predicted molar refractivity (Wildman–Crippen MR) is 109 cm³/mol. The predicted octanol–water partition coefficient (Wildman–Crippen LogP) is 3.79. The topological polar surface area (TPSA) is 96.4 Å². The molecule has 0 bridgehead atoms. The van der Waals surface area contributed by atoms with Gasteiger partial charge in [0.05, 0.1) is 16.2 Å². The molecule has 3 rings (SSSR count). The summed E-state index contributed by atoms with van der Waals surface area (Å²) in [6.07, 6.45) is 0.369. The monoisotopic (exact) mass is 434 g/mol. The van der Waals surface area contributed by atoms with Gasteiger partial charge in [-0.3, -0.25) is 0 Å². The Labute approximate surface area is 172 Å². The highest BCUT2D eigenvalue weighted by atomic mass is 32.2. The fourth-order valence-corrected chi connectivity index (χ4v) is 4.75. The van der Waals surface area contributed by atoms with Gasteiger partial charge < -0.3 is 5.11 Å². The van der Waals surface area contributed by atoms with Crippen LogP contribution in [0.25, 0.3) is 10.6 Å². The number of carboxylic acids is 1. The number of carboxylic acid groups (broad SMARTS) is 1. The molecule has 29 heavy (non-hydrogen) atoms. The van der Waals surface area contributed by atoms with Crippen molar-refractivity contribution >= 4 is 27.3 Å². The lowest BCUT2D eigenvalue weighted by atomic mass is 10.0. The van der Waals surface area contributed by atoms with Crippen molar-refractivity contribution in [2.75, 3.05) is 6.54 Å². The third kappa shape index (κ3) is 4.87. The van der Waals surface area contributed by atoms with E-state index in [0.717, 1.165) is 10.6 Å². The lowest BCUT2D eigenvalue weighted by molar-refractivity contribution is 0.0695. The third-order valence-electron chi connectivity index (χ3n) is 4.50. The Kier molecular flexibility index (Phi) is 6.11. The molecular weight excluding hydrogens is 415 g/mol. The van der Waals surface area contributed by atoms with E-state index in [2.05, 4.69) is 9.71 Å². The minimum atomic E-state index is -3.86. The van der Waals surface area contributed by atoms with Crippen LogP contribution in [0.15, 0.2) is 46.7 Å². The molecule has 6 nitrogen and oxygen atoms in total. The van der Waals surface area contributed by atoms with Gasteiger partial charge in [-0.15, -0.1) is 11.3 Å². The molecule has 0 amide bonds. The molecule has 0 radical (unpaired) electrons. The Bertz CT molecular complexity index is 1160. The minimum absolute atomic E-state index is 0.0335. The van der Waals surface area contributed by atoms with Crippen LogP contribution in [0.3, 0.4) is 0 Å². The molecule has 2 N–H and O–H groups in total. The van der Waals surface area contributed by atoms with Gasteiger partial charge in [-0.1, -0.05) is 0 Å². The first-order valence-electron chi connectivity index (χ1n) is 8.72.